The van der Waals surface area contributed by atoms with E-state index >= 15 is 0 Å². The molecule has 0 bridgehead atoms. The molecule has 0 saturated carbocycles. The summed E-state index contributed by atoms with van der Waals surface area (Å²) in [6.45, 7) is 2.10. The van der Waals surface area contributed by atoms with Crippen LogP contribution >= 0.6 is 0 Å². The molecule has 0 saturated heterocycles. The second-order valence-electron chi connectivity index (χ2n) is 3.78. The van der Waals surface area contributed by atoms with Crippen LogP contribution in [-0.4, -0.2) is 14.7 Å². The molecule has 0 amide bonds. The molecule has 5 nitrogen and oxygen atoms in total. The zero-order valence-corrected chi connectivity index (χ0v) is 9.54. The monoisotopic (exact) mass is 231 g/mol. The number of nitro groups is 1. The Labute approximate surface area is 98.8 Å². The van der Waals surface area contributed by atoms with Crippen molar-refractivity contribution in [3.8, 4) is 5.69 Å². The zero-order chi connectivity index (χ0) is 12.3. The lowest BCUT2D eigenvalue weighted by atomic mass is 10.3. The van der Waals surface area contributed by atoms with Crippen LogP contribution in [0.1, 0.15) is 19.0 Å². The van der Waals surface area contributed by atoms with E-state index in [2.05, 4.69) is 12.0 Å². The molecular weight excluding hydrogens is 218 g/mol. The van der Waals surface area contributed by atoms with Crippen molar-refractivity contribution in [2.75, 3.05) is 0 Å². The van der Waals surface area contributed by atoms with Crippen LogP contribution in [0.3, 0.4) is 0 Å². The van der Waals surface area contributed by atoms with Crippen molar-refractivity contribution in [2.45, 2.75) is 19.8 Å². The first-order valence-corrected chi connectivity index (χ1v) is 5.50. The van der Waals surface area contributed by atoms with Crippen molar-refractivity contribution >= 4 is 5.69 Å². The molecule has 0 radical (unpaired) electrons. The van der Waals surface area contributed by atoms with Crippen LogP contribution in [0.5, 0.6) is 0 Å². The minimum atomic E-state index is -0.407. The molecule has 0 atom stereocenters. The Bertz CT molecular complexity index is 517. The maximum atomic E-state index is 10.5. The molecule has 1 heterocycles. The number of aromatic nitrogens is 2. The Morgan fingerprint density at radius 3 is 2.59 bits per heavy atom. The normalized spacial score (nSPS) is 10.4. The number of nitro benzene ring substituents is 1. The van der Waals surface area contributed by atoms with Gasteiger partial charge in [-0.05, 0) is 24.6 Å². The molecule has 88 valence electrons. The number of rotatable bonds is 4. The first kappa shape index (κ1) is 11.3. The minimum Gasteiger partial charge on any atom is -0.258 e. The average molecular weight is 231 g/mol. The molecule has 0 aliphatic rings. The Morgan fingerprint density at radius 2 is 2.00 bits per heavy atom. The summed E-state index contributed by atoms with van der Waals surface area (Å²) < 4.78 is 1.73. The Balaban J connectivity index is 2.23. The van der Waals surface area contributed by atoms with Gasteiger partial charge >= 0.3 is 0 Å². The van der Waals surface area contributed by atoms with E-state index in [9.17, 15) is 10.1 Å². The van der Waals surface area contributed by atoms with Crippen molar-refractivity contribution in [1.29, 1.82) is 0 Å². The quantitative estimate of drug-likeness (QED) is 0.600. The summed E-state index contributed by atoms with van der Waals surface area (Å²) in [6, 6.07) is 8.32. The van der Waals surface area contributed by atoms with Crippen molar-refractivity contribution in [2.24, 2.45) is 0 Å². The molecule has 0 N–H and O–H groups in total. The van der Waals surface area contributed by atoms with Gasteiger partial charge in [0.25, 0.3) is 5.69 Å². The second kappa shape index (κ2) is 4.78. The number of hydrogen-bond donors (Lipinski definition) is 0. The fourth-order valence-electron chi connectivity index (χ4n) is 1.62. The van der Waals surface area contributed by atoms with Gasteiger partial charge in [-0.25, -0.2) is 4.68 Å². The highest BCUT2D eigenvalue weighted by molar-refractivity contribution is 5.40. The summed E-state index contributed by atoms with van der Waals surface area (Å²) in [4.78, 5) is 10.1. The molecule has 0 fully saturated rings. The molecule has 17 heavy (non-hydrogen) atoms. The molecule has 2 rings (SSSR count). The number of nitrogens with zero attached hydrogens (tertiary/aromatic N) is 3. The van der Waals surface area contributed by atoms with Crippen LogP contribution < -0.4 is 0 Å². The van der Waals surface area contributed by atoms with Crippen LogP contribution in [0.15, 0.2) is 36.5 Å². The molecule has 5 heteroatoms. The standard InChI is InChI=1S/C12H13N3O2/c1-2-3-10-8-9-14(13-10)11-4-6-12(7-5-11)15(16)17/h4-9H,2-3H2,1H3. The predicted octanol–water partition coefficient (Wildman–Crippen LogP) is 2.73. The van der Waals surface area contributed by atoms with Gasteiger partial charge in [0.1, 0.15) is 0 Å². The molecule has 0 unspecified atom stereocenters. The van der Waals surface area contributed by atoms with Crippen molar-refractivity contribution in [3.63, 3.8) is 0 Å². The van der Waals surface area contributed by atoms with Gasteiger partial charge in [0.2, 0.25) is 0 Å². The van der Waals surface area contributed by atoms with E-state index in [1.165, 1.54) is 12.1 Å². The van der Waals surface area contributed by atoms with Crippen LogP contribution in [0.25, 0.3) is 5.69 Å². The van der Waals surface area contributed by atoms with Gasteiger partial charge < -0.3 is 0 Å². The van der Waals surface area contributed by atoms with Gasteiger partial charge in [0.05, 0.1) is 16.3 Å². The summed E-state index contributed by atoms with van der Waals surface area (Å²) >= 11 is 0. The summed E-state index contributed by atoms with van der Waals surface area (Å²) in [6.07, 6.45) is 3.86. The first-order valence-electron chi connectivity index (χ1n) is 5.50. The van der Waals surface area contributed by atoms with E-state index in [-0.39, 0.29) is 5.69 Å². The molecule has 2 aromatic rings. The SMILES string of the molecule is CCCc1ccn(-c2ccc([N+](=O)[O-])cc2)n1. The van der Waals surface area contributed by atoms with E-state index < -0.39 is 4.92 Å². The molecule has 1 aromatic heterocycles. The summed E-state index contributed by atoms with van der Waals surface area (Å²) in [5, 5.41) is 14.9. The lowest BCUT2D eigenvalue weighted by Gasteiger charge is -2.00. The van der Waals surface area contributed by atoms with Gasteiger partial charge in [-0.3, -0.25) is 10.1 Å². The molecule has 0 aliphatic heterocycles. The molecule has 0 aliphatic carbocycles. The summed E-state index contributed by atoms with van der Waals surface area (Å²) in [7, 11) is 0. The fraction of sp³-hybridized carbons (Fsp3) is 0.250. The highest BCUT2D eigenvalue weighted by Gasteiger charge is 2.05. The molecule has 1 aromatic carbocycles. The van der Waals surface area contributed by atoms with Gasteiger partial charge in [-0.1, -0.05) is 13.3 Å². The lowest BCUT2D eigenvalue weighted by molar-refractivity contribution is -0.384. The van der Waals surface area contributed by atoms with E-state index in [1.807, 2.05) is 12.3 Å². The van der Waals surface area contributed by atoms with Gasteiger partial charge in [0.15, 0.2) is 0 Å². The number of benzene rings is 1. The first-order chi connectivity index (χ1) is 8.20. The third-order valence-electron chi connectivity index (χ3n) is 2.48. The van der Waals surface area contributed by atoms with Gasteiger partial charge in [-0.2, -0.15) is 5.10 Å². The lowest BCUT2D eigenvalue weighted by Crippen LogP contribution is -1.96. The highest BCUT2D eigenvalue weighted by atomic mass is 16.6. The van der Waals surface area contributed by atoms with E-state index in [0.29, 0.717) is 0 Å². The largest absolute Gasteiger partial charge is 0.269 e. The van der Waals surface area contributed by atoms with Crippen molar-refractivity contribution < 1.29 is 4.92 Å². The van der Waals surface area contributed by atoms with Crippen molar-refractivity contribution in [1.82, 2.24) is 9.78 Å². The van der Waals surface area contributed by atoms with E-state index in [4.69, 9.17) is 0 Å². The zero-order valence-electron chi connectivity index (χ0n) is 9.54. The average Bonchev–Trinajstić information content (AvgIpc) is 2.78. The maximum Gasteiger partial charge on any atom is 0.269 e. The number of non-ortho nitro benzene ring substituents is 1. The molecular formula is C12H13N3O2. The fourth-order valence-corrected chi connectivity index (χ4v) is 1.62. The van der Waals surface area contributed by atoms with Crippen LogP contribution in [-0.2, 0) is 6.42 Å². The van der Waals surface area contributed by atoms with Crippen LogP contribution in [0, 0.1) is 10.1 Å². The smallest absolute Gasteiger partial charge is 0.258 e. The maximum absolute atomic E-state index is 10.5. The highest BCUT2D eigenvalue weighted by Crippen LogP contribution is 2.15. The van der Waals surface area contributed by atoms with Gasteiger partial charge in [-0.15, -0.1) is 0 Å². The van der Waals surface area contributed by atoms with E-state index in [0.717, 1.165) is 24.2 Å². The predicted molar refractivity (Wildman–Crippen MR) is 64.2 cm³/mol. The number of aryl methyl sites for hydroxylation is 1. The Morgan fingerprint density at radius 1 is 1.29 bits per heavy atom. The van der Waals surface area contributed by atoms with Gasteiger partial charge in [0, 0.05) is 18.3 Å². The van der Waals surface area contributed by atoms with Crippen LogP contribution in [0.2, 0.25) is 0 Å². The summed E-state index contributed by atoms with van der Waals surface area (Å²) in [5.41, 5.74) is 1.96. The molecule has 0 spiro atoms. The van der Waals surface area contributed by atoms with Crippen LogP contribution in [0.4, 0.5) is 5.69 Å². The second-order valence-corrected chi connectivity index (χ2v) is 3.78. The third-order valence-corrected chi connectivity index (χ3v) is 2.48. The summed E-state index contributed by atoms with van der Waals surface area (Å²) in [5.74, 6) is 0. The third kappa shape index (κ3) is 2.50. The minimum absolute atomic E-state index is 0.0923. The Hall–Kier alpha value is -2.17. The van der Waals surface area contributed by atoms with E-state index in [1.54, 1.807) is 16.8 Å². The topological polar surface area (TPSA) is 61.0 Å². The van der Waals surface area contributed by atoms with Crippen molar-refractivity contribution in [3.05, 3.63) is 52.3 Å². The number of hydrogen-bond acceptors (Lipinski definition) is 3. The Kier molecular flexibility index (Phi) is 3.18.